The third-order valence-electron chi connectivity index (χ3n) is 4.22. The fourth-order valence-corrected chi connectivity index (χ4v) is 3.65. The molecule has 0 unspecified atom stereocenters. The van der Waals surface area contributed by atoms with E-state index in [1.54, 1.807) is 19.1 Å². The van der Waals surface area contributed by atoms with Gasteiger partial charge in [-0.1, -0.05) is 6.07 Å². The first kappa shape index (κ1) is 21.3. The number of sulfonamides is 1. The molecule has 2 rings (SSSR count). The molecule has 9 nitrogen and oxygen atoms in total. The van der Waals surface area contributed by atoms with Crippen LogP contribution in [0.2, 0.25) is 0 Å². The van der Waals surface area contributed by atoms with Crippen LogP contribution < -0.4 is 10.1 Å². The number of carbonyl (C=O) groups excluding carboxylic acids is 1. The van der Waals surface area contributed by atoms with E-state index in [0.29, 0.717) is 0 Å². The van der Waals surface area contributed by atoms with E-state index in [0.717, 1.165) is 21.5 Å². The average molecular weight is 407 g/mol. The Morgan fingerprint density at radius 3 is 2.43 bits per heavy atom. The van der Waals surface area contributed by atoms with Crippen molar-refractivity contribution >= 4 is 27.3 Å². The minimum absolute atomic E-state index is 0.0821. The smallest absolute Gasteiger partial charge is 0.271 e. The highest BCUT2D eigenvalue weighted by Crippen LogP contribution is 2.29. The zero-order valence-corrected chi connectivity index (χ0v) is 16.7. The summed E-state index contributed by atoms with van der Waals surface area (Å²) in [7, 11) is -1.23. The average Bonchev–Trinajstić information content (AvgIpc) is 2.63. The number of hydrogen-bond donors (Lipinski definition) is 1. The number of nitrogens with zero attached hydrogens (tertiary/aromatic N) is 2. The van der Waals surface area contributed by atoms with E-state index in [1.807, 2.05) is 6.92 Å². The number of nitrogens with one attached hydrogen (secondary N) is 1. The van der Waals surface area contributed by atoms with E-state index in [2.05, 4.69) is 5.32 Å². The molecule has 0 bridgehead atoms. The number of hydrogen-bond acceptors (Lipinski definition) is 6. The molecule has 0 aliphatic carbocycles. The number of rotatable bonds is 7. The molecule has 0 aliphatic heterocycles. The Hall–Kier alpha value is -2.98. The second-order valence-corrected chi connectivity index (χ2v) is 8.24. The number of nitro benzene ring substituents is 1. The number of benzene rings is 2. The molecule has 0 saturated heterocycles. The van der Waals surface area contributed by atoms with Gasteiger partial charge in [-0.25, -0.2) is 8.42 Å². The predicted molar refractivity (Wildman–Crippen MR) is 104 cm³/mol. The van der Waals surface area contributed by atoms with Crippen LogP contribution in [0.1, 0.15) is 11.1 Å². The SMILES string of the molecule is COc1ccc([N+](=O)[O-])cc1NC(=O)CN(C)S(=O)(=O)c1ccc(C)c(C)c1. The lowest BCUT2D eigenvalue weighted by atomic mass is 10.1. The standard InChI is InChI=1S/C18H21N3O6S/c1-12-5-7-15(9-13(12)2)28(25,26)20(3)11-18(22)19-16-10-14(21(23)24)6-8-17(16)27-4/h5-10H,11H2,1-4H3,(H,19,22). The summed E-state index contributed by atoms with van der Waals surface area (Å²) in [4.78, 5) is 22.7. The van der Waals surface area contributed by atoms with Crippen molar-refractivity contribution in [2.75, 3.05) is 26.0 Å². The first-order valence-electron chi connectivity index (χ1n) is 8.22. The highest BCUT2D eigenvalue weighted by molar-refractivity contribution is 7.89. The summed E-state index contributed by atoms with van der Waals surface area (Å²) in [5.74, 6) is -0.438. The van der Waals surface area contributed by atoms with Crippen molar-refractivity contribution < 1.29 is 22.9 Å². The lowest BCUT2D eigenvalue weighted by molar-refractivity contribution is -0.384. The molecule has 0 atom stereocenters. The van der Waals surface area contributed by atoms with Crippen LogP contribution in [-0.2, 0) is 14.8 Å². The molecular formula is C18H21N3O6S. The maximum Gasteiger partial charge on any atom is 0.271 e. The van der Waals surface area contributed by atoms with E-state index in [-0.39, 0.29) is 22.0 Å². The minimum Gasteiger partial charge on any atom is -0.495 e. The van der Waals surface area contributed by atoms with Crippen molar-refractivity contribution in [3.8, 4) is 5.75 Å². The lowest BCUT2D eigenvalue weighted by Gasteiger charge is -2.18. The topological polar surface area (TPSA) is 119 Å². The molecule has 1 amide bonds. The molecular weight excluding hydrogens is 386 g/mol. The second-order valence-electron chi connectivity index (χ2n) is 6.20. The molecule has 0 spiro atoms. The number of nitro groups is 1. The summed E-state index contributed by atoms with van der Waals surface area (Å²) in [6, 6.07) is 8.46. The van der Waals surface area contributed by atoms with Gasteiger partial charge in [0.25, 0.3) is 5.69 Å². The Balaban J connectivity index is 2.19. The summed E-state index contributed by atoms with van der Waals surface area (Å²) in [6.07, 6.45) is 0. The van der Waals surface area contributed by atoms with E-state index in [4.69, 9.17) is 4.74 Å². The molecule has 0 aromatic heterocycles. The highest BCUT2D eigenvalue weighted by Gasteiger charge is 2.24. The molecule has 2 aromatic rings. The van der Waals surface area contributed by atoms with Crippen LogP contribution in [0.15, 0.2) is 41.3 Å². The van der Waals surface area contributed by atoms with Crippen LogP contribution >= 0.6 is 0 Å². The summed E-state index contributed by atoms with van der Waals surface area (Å²) < 4.78 is 31.4. The monoisotopic (exact) mass is 407 g/mol. The number of ether oxygens (including phenoxy) is 1. The first-order chi connectivity index (χ1) is 13.1. The first-order valence-corrected chi connectivity index (χ1v) is 9.66. The molecule has 0 saturated carbocycles. The Bertz CT molecular complexity index is 1020. The van der Waals surface area contributed by atoms with Gasteiger partial charge >= 0.3 is 0 Å². The van der Waals surface area contributed by atoms with E-state index in [9.17, 15) is 23.3 Å². The number of anilines is 1. The van der Waals surface area contributed by atoms with Gasteiger partial charge in [-0.3, -0.25) is 14.9 Å². The minimum atomic E-state index is -3.87. The summed E-state index contributed by atoms with van der Waals surface area (Å²) in [5, 5.41) is 13.4. The van der Waals surface area contributed by atoms with Gasteiger partial charge in [0.15, 0.2) is 0 Å². The molecule has 28 heavy (non-hydrogen) atoms. The van der Waals surface area contributed by atoms with Gasteiger partial charge in [-0.2, -0.15) is 4.31 Å². The Morgan fingerprint density at radius 2 is 1.86 bits per heavy atom. The zero-order valence-electron chi connectivity index (χ0n) is 15.9. The number of non-ortho nitro benzene ring substituents is 1. The van der Waals surface area contributed by atoms with E-state index < -0.39 is 27.4 Å². The van der Waals surface area contributed by atoms with Gasteiger partial charge in [0.05, 0.1) is 29.2 Å². The zero-order chi connectivity index (χ0) is 21.1. The Kier molecular flexibility index (Phi) is 6.37. The number of likely N-dealkylation sites (N-methyl/N-ethyl adjacent to an activating group) is 1. The van der Waals surface area contributed by atoms with Crippen LogP contribution in [0, 0.1) is 24.0 Å². The van der Waals surface area contributed by atoms with Gasteiger partial charge in [0, 0.05) is 19.2 Å². The van der Waals surface area contributed by atoms with Crippen LogP contribution in [0.25, 0.3) is 0 Å². The third-order valence-corrected chi connectivity index (χ3v) is 6.02. The van der Waals surface area contributed by atoms with Crippen LogP contribution in [0.5, 0.6) is 5.75 Å². The van der Waals surface area contributed by atoms with Gasteiger partial charge in [0.2, 0.25) is 15.9 Å². The van der Waals surface area contributed by atoms with Crippen molar-refractivity contribution in [2.24, 2.45) is 0 Å². The molecule has 1 N–H and O–H groups in total. The maximum atomic E-state index is 12.7. The summed E-state index contributed by atoms with van der Waals surface area (Å²) in [5.41, 5.74) is 1.63. The Labute approximate surface area is 163 Å². The third kappa shape index (κ3) is 4.65. The molecule has 10 heteroatoms. The number of aryl methyl sites for hydroxylation is 2. The molecule has 150 valence electrons. The van der Waals surface area contributed by atoms with Gasteiger partial charge in [0.1, 0.15) is 5.75 Å². The molecule has 0 aliphatic rings. The quantitative estimate of drug-likeness (QED) is 0.556. The van der Waals surface area contributed by atoms with Crippen molar-refractivity contribution in [3.63, 3.8) is 0 Å². The van der Waals surface area contributed by atoms with Gasteiger partial charge < -0.3 is 10.1 Å². The fourth-order valence-electron chi connectivity index (χ4n) is 2.44. The van der Waals surface area contributed by atoms with E-state index >= 15 is 0 Å². The van der Waals surface area contributed by atoms with Crippen molar-refractivity contribution in [1.29, 1.82) is 0 Å². The van der Waals surface area contributed by atoms with Crippen LogP contribution in [0.3, 0.4) is 0 Å². The van der Waals surface area contributed by atoms with Gasteiger partial charge in [-0.15, -0.1) is 0 Å². The van der Waals surface area contributed by atoms with Crippen LogP contribution in [0.4, 0.5) is 11.4 Å². The second kappa shape index (κ2) is 8.36. The molecule has 0 radical (unpaired) electrons. The van der Waals surface area contributed by atoms with Crippen molar-refractivity contribution in [1.82, 2.24) is 4.31 Å². The number of amides is 1. The maximum absolute atomic E-state index is 12.7. The summed E-state index contributed by atoms with van der Waals surface area (Å²) >= 11 is 0. The van der Waals surface area contributed by atoms with Crippen molar-refractivity contribution in [3.05, 3.63) is 57.6 Å². The Morgan fingerprint density at radius 1 is 1.18 bits per heavy atom. The molecule has 0 heterocycles. The molecule has 2 aromatic carbocycles. The highest BCUT2D eigenvalue weighted by atomic mass is 32.2. The van der Waals surface area contributed by atoms with Crippen molar-refractivity contribution in [2.45, 2.75) is 18.7 Å². The van der Waals surface area contributed by atoms with Crippen LogP contribution in [-0.4, -0.2) is 44.3 Å². The fraction of sp³-hybridized carbons (Fsp3) is 0.278. The number of methoxy groups -OCH3 is 1. The van der Waals surface area contributed by atoms with E-state index in [1.165, 1.54) is 32.4 Å². The van der Waals surface area contributed by atoms with Gasteiger partial charge in [-0.05, 0) is 43.2 Å². The normalized spacial score (nSPS) is 11.3. The lowest BCUT2D eigenvalue weighted by Crippen LogP contribution is -2.35. The predicted octanol–water partition coefficient (Wildman–Crippen LogP) is 2.48. The summed E-state index contributed by atoms with van der Waals surface area (Å²) in [6.45, 7) is 3.20. The molecule has 0 fully saturated rings. The number of carbonyl (C=O) groups is 1. The largest absolute Gasteiger partial charge is 0.495 e.